The van der Waals surface area contributed by atoms with E-state index in [1.165, 1.54) is 5.56 Å². The lowest BCUT2D eigenvalue weighted by atomic mass is 9.92. The Balaban J connectivity index is 1.61. The Bertz CT molecular complexity index is 546. The van der Waals surface area contributed by atoms with Gasteiger partial charge in [-0.25, -0.2) is 4.68 Å². The van der Waals surface area contributed by atoms with Crippen LogP contribution in [0.5, 0.6) is 0 Å². The van der Waals surface area contributed by atoms with Crippen molar-refractivity contribution in [1.29, 1.82) is 0 Å². The van der Waals surface area contributed by atoms with Gasteiger partial charge in [-0.15, -0.1) is 5.10 Å². The number of nitrogens with one attached hydrogen (secondary N) is 1. The first kappa shape index (κ1) is 14.2. The summed E-state index contributed by atoms with van der Waals surface area (Å²) < 4.78 is 1.64. The molecule has 1 heterocycles. The van der Waals surface area contributed by atoms with Gasteiger partial charge in [-0.05, 0) is 60.7 Å². The molecule has 1 fully saturated rings. The van der Waals surface area contributed by atoms with Crippen LogP contribution in [-0.2, 0) is 0 Å². The van der Waals surface area contributed by atoms with Gasteiger partial charge in [0.25, 0.3) is 0 Å². The largest absolute Gasteiger partial charge is 0.393 e. The van der Waals surface area contributed by atoms with E-state index in [-0.39, 0.29) is 6.10 Å². The molecule has 1 aliphatic rings. The Morgan fingerprint density at radius 1 is 1.19 bits per heavy atom. The predicted molar refractivity (Wildman–Crippen MR) is 79.0 cm³/mol. The van der Waals surface area contributed by atoms with Crippen LogP contribution in [0.3, 0.4) is 0 Å². The molecule has 112 valence electrons. The van der Waals surface area contributed by atoms with Crippen molar-refractivity contribution in [2.75, 3.05) is 0 Å². The number of hydrogen-bond donors (Lipinski definition) is 2. The summed E-state index contributed by atoms with van der Waals surface area (Å²) in [6.07, 6.45) is 5.39. The second kappa shape index (κ2) is 6.32. The molecule has 1 aliphatic carbocycles. The Labute approximate surface area is 124 Å². The molecule has 0 spiro atoms. The van der Waals surface area contributed by atoms with Crippen LogP contribution in [0.4, 0.5) is 0 Å². The van der Waals surface area contributed by atoms with Gasteiger partial charge in [-0.3, -0.25) is 0 Å². The van der Waals surface area contributed by atoms with E-state index in [1.54, 1.807) is 11.0 Å². The summed E-state index contributed by atoms with van der Waals surface area (Å²) in [4.78, 5) is 0. The molecule has 0 saturated heterocycles. The lowest BCUT2D eigenvalue weighted by molar-refractivity contribution is 0.114. The van der Waals surface area contributed by atoms with Gasteiger partial charge < -0.3 is 10.4 Å². The summed E-state index contributed by atoms with van der Waals surface area (Å²) in [5.41, 5.74) is 2.20. The van der Waals surface area contributed by atoms with Crippen molar-refractivity contribution in [3.8, 4) is 5.69 Å². The molecule has 6 nitrogen and oxygen atoms in total. The molecule has 3 rings (SSSR count). The molecule has 0 amide bonds. The van der Waals surface area contributed by atoms with Gasteiger partial charge >= 0.3 is 0 Å². The van der Waals surface area contributed by atoms with Crippen LogP contribution in [0.15, 0.2) is 30.6 Å². The second-order valence-corrected chi connectivity index (χ2v) is 5.74. The normalized spacial score (nSPS) is 23.9. The fraction of sp³-hybridized carbons (Fsp3) is 0.533. The molecule has 1 unspecified atom stereocenters. The zero-order valence-electron chi connectivity index (χ0n) is 12.2. The molecule has 21 heavy (non-hydrogen) atoms. The standard InChI is InChI=1S/C15H21N5O/c1-11(17-13-4-8-15(21)9-5-13)12-2-6-14(7-3-12)20-10-16-18-19-20/h2-3,6-7,10-11,13,15,17,21H,4-5,8-9H2,1H3. The van der Waals surface area contributed by atoms with Crippen LogP contribution in [0, 0.1) is 0 Å². The molecule has 0 bridgehead atoms. The Hall–Kier alpha value is -1.79. The van der Waals surface area contributed by atoms with Crippen molar-refractivity contribution in [1.82, 2.24) is 25.5 Å². The lowest BCUT2D eigenvalue weighted by Crippen LogP contribution is -2.36. The third kappa shape index (κ3) is 3.46. The van der Waals surface area contributed by atoms with Crippen LogP contribution in [-0.4, -0.2) is 37.5 Å². The average molecular weight is 287 g/mol. The van der Waals surface area contributed by atoms with Gasteiger partial charge in [0.2, 0.25) is 0 Å². The van der Waals surface area contributed by atoms with Crippen LogP contribution in [0.1, 0.15) is 44.2 Å². The van der Waals surface area contributed by atoms with Crippen LogP contribution >= 0.6 is 0 Å². The highest BCUT2D eigenvalue weighted by atomic mass is 16.3. The maximum atomic E-state index is 9.55. The maximum Gasteiger partial charge on any atom is 0.143 e. The van der Waals surface area contributed by atoms with Crippen molar-refractivity contribution in [3.63, 3.8) is 0 Å². The van der Waals surface area contributed by atoms with E-state index < -0.39 is 0 Å². The van der Waals surface area contributed by atoms with Crippen molar-refractivity contribution < 1.29 is 5.11 Å². The van der Waals surface area contributed by atoms with Crippen LogP contribution in [0.25, 0.3) is 5.69 Å². The highest BCUT2D eigenvalue weighted by Gasteiger charge is 2.20. The molecule has 1 saturated carbocycles. The number of tetrazole rings is 1. The number of rotatable bonds is 4. The summed E-state index contributed by atoms with van der Waals surface area (Å²) in [7, 11) is 0. The van der Waals surface area contributed by atoms with E-state index in [4.69, 9.17) is 0 Å². The van der Waals surface area contributed by atoms with Gasteiger partial charge in [0.15, 0.2) is 0 Å². The fourth-order valence-corrected chi connectivity index (χ4v) is 2.89. The number of aromatic nitrogens is 4. The molecule has 1 atom stereocenters. The second-order valence-electron chi connectivity index (χ2n) is 5.74. The lowest BCUT2D eigenvalue weighted by Gasteiger charge is -2.29. The Kier molecular flexibility index (Phi) is 4.26. The van der Waals surface area contributed by atoms with E-state index in [0.29, 0.717) is 12.1 Å². The van der Waals surface area contributed by atoms with Gasteiger partial charge in [0, 0.05) is 12.1 Å². The van der Waals surface area contributed by atoms with Crippen molar-refractivity contribution >= 4 is 0 Å². The number of benzene rings is 1. The minimum absolute atomic E-state index is 0.103. The van der Waals surface area contributed by atoms with Crippen molar-refractivity contribution in [2.24, 2.45) is 0 Å². The predicted octanol–water partition coefficient (Wildman–Crippen LogP) is 1.62. The van der Waals surface area contributed by atoms with Crippen molar-refractivity contribution in [3.05, 3.63) is 36.2 Å². The smallest absolute Gasteiger partial charge is 0.143 e. The van der Waals surface area contributed by atoms with Gasteiger partial charge in [0.1, 0.15) is 6.33 Å². The molecule has 1 aromatic carbocycles. The third-order valence-electron chi connectivity index (χ3n) is 4.19. The fourth-order valence-electron chi connectivity index (χ4n) is 2.89. The zero-order valence-corrected chi connectivity index (χ0v) is 12.2. The Morgan fingerprint density at radius 2 is 1.90 bits per heavy atom. The molecule has 1 aromatic heterocycles. The van der Waals surface area contributed by atoms with Gasteiger partial charge in [-0.1, -0.05) is 12.1 Å². The molecule has 2 N–H and O–H groups in total. The quantitative estimate of drug-likeness (QED) is 0.893. The molecule has 2 aromatic rings. The zero-order chi connectivity index (χ0) is 14.7. The van der Waals surface area contributed by atoms with Crippen LogP contribution in [0.2, 0.25) is 0 Å². The number of aliphatic hydroxyl groups excluding tert-OH is 1. The topological polar surface area (TPSA) is 75.9 Å². The highest BCUT2D eigenvalue weighted by molar-refractivity contribution is 5.34. The summed E-state index contributed by atoms with van der Waals surface area (Å²) >= 11 is 0. The van der Waals surface area contributed by atoms with E-state index in [9.17, 15) is 5.11 Å². The van der Waals surface area contributed by atoms with E-state index >= 15 is 0 Å². The summed E-state index contributed by atoms with van der Waals surface area (Å²) in [6.45, 7) is 2.18. The summed E-state index contributed by atoms with van der Waals surface area (Å²) in [5.74, 6) is 0. The van der Waals surface area contributed by atoms with E-state index in [1.807, 2.05) is 12.1 Å². The average Bonchev–Trinajstić information content (AvgIpc) is 3.04. The molecule has 0 aliphatic heterocycles. The molecule has 6 heteroatoms. The van der Waals surface area contributed by atoms with Crippen molar-refractivity contribution in [2.45, 2.75) is 50.8 Å². The van der Waals surface area contributed by atoms with E-state index in [2.05, 4.69) is 39.9 Å². The summed E-state index contributed by atoms with van der Waals surface area (Å²) in [5, 5.41) is 24.4. The van der Waals surface area contributed by atoms with Crippen LogP contribution < -0.4 is 5.32 Å². The molecular weight excluding hydrogens is 266 g/mol. The minimum atomic E-state index is -0.103. The first-order valence-electron chi connectivity index (χ1n) is 7.50. The van der Waals surface area contributed by atoms with E-state index in [0.717, 1.165) is 31.4 Å². The van der Waals surface area contributed by atoms with Gasteiger partial charge in [0.05, 0.1) is 11.8 Å². The Morgan fingerprint density at radius 3 is 2.52 bits per heavy atom. The molecular formula is C15H21N5O. The monoisotopic (exact) mass is 287 g/mol. The molecule has 0 radical (unpaired) electrons. The summed E-state index contributed by atoms with van der Waals surface area (Å²) in [6, 6.07) is 9.05. The first-order valence-corrected chi connectivity index (χ1v) is 7.50. The highest BCUT2D eigenvalue weighted by Crippen LogP contribution is 2.22. The minimum Gasteiger partial charge on any atom is -0.393 e. The number of aliphatic hydroxyl groups is 1. The number of hydrogen-bond acceptors (Lipinski definition) is 5. The maximum absolute atomic E-state index is 9.55. The number of nitrogens with zero attached hydrogens (tertiary/aromatic N) is 4. The third-order valence-corrected chi connectivity index (χ3v) is 4.19. The van der Waals surface area contributed by atoms with Gasteiger partial charge in [-0.2, -0.15) is 0 Å². The SMILES string of the molecule is CC(NC1CCC(O)CC1)c1ccc(-n2cnnn2)cc1. The first-order chi connectivity index (χ1) is 10.2.